The molecule has 1 fully saturated rings. The molecule has 0 N–H and O–H groups in total. The highest BCUT2D eigenvalue weighted by Crippen LogP contribution is 2.35. The van der Waals surface area contributed by atoms with E-state index < -0.39 is 11.8 Å². The Morgan fingerprint density at radius 2 is 1.37 bits per heavy atom. The summed E-state index contributed by atoms with van der Waals surface area (Å²) in [6.45, 7) is 2.63. The molecule has 0 radical (unpaired) electrons. The third-order valence-corrected chi connectivity index (χ3v) is 6.88. The van der Waals surface area contributed by atoms with Gasteiger partial charge in [0.15, 0.2) is 0 Å². The van der Waals surface area contributed by atoms with Gasteiger partial charge in [-0.2, -0.15) is 0 Å². The van der Waals surface area contributed by atoms with Crippen molar-refractivity contribution < 1.29 is 14.3 Å². The summed E-state index contributed by atoms with van der Waals surface area (Å²) in [6, 6.07) is 27.8. The molecule has 3 aromatic carbocycles. The standard InChI is InChI=1S/C28H26ClN3O3/c1-35-23-14-8-13-22(19-23)32-27(33)24(29)26(28(32)34)31-17-15-30(16-18-31)25(20-9-4-2-5-10-20)21-11-6-3-7-12-21/h2-14,19,25H,15-18H2,1H3. The van der Waals surface area contributed by atoms with E-state index in [2.05, 4.69) is 53.4 Å². The Bertz CT molecular complexity index is 1220. The zero-order valence-corrected chi connectivity index (χ0v) is 20.2. The number of ether oxygens (including phenoxy) is 1. The van der Waals surface area contributed by atoms with E-state index in [4.69, 9.17) is 16.3 Å². The lowest BCUT2D eigenvalue weighted by Crippen LogP contribution is -2.48. The number of methoxy groups -OCH3 is 1. The Kier molecular flexibility index (Phi) is 6.57. The van der Waals surface area contributed by atoms with Crippen LogP contribution in [0.2, 0.25) is 0 Å². The third kappa shape index (κ3) is 4.43. The maximum atomic E-state index is 13.4. The molecule has 1 saturated heterocycles. The average Bonchev–Trinajstić information content (AvgIpc) is 3.13. The molecule has 0 bridgehead atoms. The van der Waals surface area contributed by atoms with Crippen LogP contribution in [0, 0.1) is 0 Å². The Labute approximate surface area is 210 Å². The molecule has 0 atom stereocenters. The van der Waals surface area contributed by atoms with Crippen LogP contribution in [0.25, 0.3) is 0 Å². The number of imide groups is 1. The van der Waals surface area contributed by atoms with E-state index in [0.29, 0.717) is 24.5 Å². The van der Waals surface area contributed by atoms with Crippen molar-refractivity contribution in [3.05, 3.63) is 107 Å². The normalized spacial score (nSPS) is 17.0. The fourth-order valence-electron chi connectivity index (χ4n) is 4.84. The first-order valence-corrected chi connectivity index (χ1v) is 12.0. The molecule has 35 heavy (non-hydrogen) atoms. The van der Waals surface area contributed by atoms with E-state index >= 15 is 0 Å². The van der Waals surface area contributed by atoms with Gasteiger partial charge in [0.1, 0.15) is 16.5 Å². The first kappa shape index (κ1) is 23.1. The minimum Gasteiger partial charge on any atom is -0.497 e. The lowest BCUT2D eigenvalue weighted by atomic mass is 9.96. The first-order chi connectivity index (χ1) is 17.1. The van der Waals surface area contributed by atoms with Crippen molar-refractivity contribution >= 4 is 29.1 Å². The van der Waals surface area contributed by atoms with E-state index in [0.717, 1.165) is 18.0 Å². The summed E-state index contributed by atoms with van der Waals surface area (Å²) in [5, 5.41) is -0.0334. The summed E-state index contributed by atoms with van der Waals surface area (Å²) in [5.41, 5.74) is 3.16. The molecule has 6 nitrogen and oxygen atoms in total. The van der Waals surface area contributed by atoms with E-state index in [1.165, 1.54) is 11.1 Å². The second-order valence-corrected chi connectivity index (χ2v) is 8.93. The lowest BCUT2D eigenvalue weighted by Gasteiger charge is -2.40. The molecule has 2 aliphatic heterocycles. The van der Waals surface area contributed by atoms with Gasteiger partial charge in [-0.25, -0.2) is 4.90 Å². The predicted octanol–water partition coefficient (Wildman–Crippen LogP) is 4.43. The monoisotopic (exact) mass is 487 g/mol. The molecule has 0 aromatic heterocycles. The van der Waals surface area contributed by atoms with Gasteiger partial charge in [0.05, 0.1) is 18.8 Å². The van der Waals surface area contributed by atoms with Crippen molar-refractivity contribution in [2.24, 2.45) is 0 Å². The van der Waals surface area contributed by atoms with Gasteiger partial charge < -0.3 is 9.64 Å². The summed E-state index contributed by atoms with van der Waals surface area (Å²) in [6.07, 6.45) is 0. The summed E-state index contributed by atoms with van der Waals surface area (Å²) < 4.78 is 5.25. The molecule has 7 heteroatoms. The van der Waals surface area contributed by atoms with Gasteiger partial charge in [0, 0.05) is 32.2 Å². The van der Waals surface area contributed by atoms with Crippen LogP contribution in [0.15, 0.2) is 95.7 Å². The number of carbonyl (C=O) groups is 2. The quantitative estimate of drug-likeness (QED) is 0.482. The second kappa shape index (κ2) is 9.94. The van der Waals surface area contributed by atoms with Crippen LogP contribution >= 0.6 is 11.6 Å². The molecule has 0 aliphatic carbocycles. The van der Waals surface area contributed by atoms with Crippen LogP contribution in [-0.2, 0) is 9.59 Å². The van der Waals surface area contributed by atoms with Crippen molar-refractivity contribution in [2.75, 3.05) is 38.2 Å². The lowest BCUT2D eigenvalue weighted by molar-refractivity contribution is -0.121. The van der Waals surface area contributed by atoms with Gasteiger partial charge in [0.2, 0.25) is 0 Å². The van der Waals surface area contributed by atoms with Crippen LogP contribution in [0.1, 0.15) is 17.2 Å². The number of benzene rings is 3. The van der Waals surface area contributed by atoms with E-state index in [-0.39, 0.29) is 16.8 Å². The van der Waals surface area contributed by atoms with Gasteiger partial charge in [-0.1, -0.05) is 78.3 Å². The molecular formula is C28H26ClN3O3. The van der Waals surface area contributed by atoms with Gasteiger partial charge in [-0.3, -0.25) is 14.5 Å². The highest BCUT2D eigenvalue weighted by Gasteiger charge is 2.42. The fraction of sp³-hybridized carbons (Fsp3) is 0.214. The van der Waals surface area contributed by atoms with Crippen molar-refractivity contribution in [1.82, 2.24) is 9.80 Å². The van der Waals surface area contributed by atoms with Gasteiger partial charge in [-0.05, 0) is 23.3 Å². The maximum absolute atomic E-state index is 13.4. The van der Waals surface area contributed by atoms with Crippen molar-refractivity contribution in [3.63, 3.8) is 0 Å². The van der Waals surface area contributed by atoms with Crippen LogP contribution in [0.5, 0.6) is 5.75 Å². The molecular weight excluding hydrogens is 462 g/mol. The average molecular weight is 488 g/mol. The summed E-state index contributed by atoms with van der Waals surface area (Å²) in [5.74, 6) is -0.340. The molecule has 0 saturated carbocycles. The fourth-order valence-corrected chi connectivity index (χ4v) is 5.12. The number of rotatable bonds is 6. The van der Waals surface area contributed by atoms with Crippen LogP contribution in [0.3, 0.4) is 0 Å². The molecule has 0 unspecified atom stereocenters. The number of hydrogen-bond acceptors (Lipinski definition) is 5. The van der Waals surface area contributed by atoms with E-state index in [1.807, 2.05) is 17.0 Å². The minimum absolute atomic E-state index is 0.0334. The van der Waals surface area contributed by atoms with Crippen molar-refractivity contribution in [3.8, 4) is 5.75 Å². The number of hydrogen-bond donors (Lipinski definition) is 0. The van der Waals surface area contributed by atoms with Crippen LogP contribution in [-0.4, -0.2) is 54.9 Å². The van der Waals surface area contributed by atoms with Crippen LogP contribution < -0.4 is 9.64 Å². The summed E-state index contributed by atoms with van der Waals surface area (Å²) in [7, 11) is 1.54. The molecule has 2 amide bonds. The molecule has 2 aliphatic rings. The number of nitrogens with zero attached hydrogens (tertiary/aromatic N) is 3. The van der Waals surface area contributed by atoms with Crippen LogP contribution in [0.4, 0.5) is 5.69 Å². The Hall–Kier alpha value is -3.61. The smallest absolute Gasteiger partial charge is 0.283 e. The third-order valence-electron chi connectivity index (χ3n) is 6.54. The van der Waals surface area contributed by atoms with E-state index in [1.54, 1.807) is 31.4 Å². The highest BCUT2D eigenvalue weighted by atomic mass is 35.5. The molecule has 0 spiro atoms. The van der Waals surface area contributed by atoms with Crippen molar-refractivity contribution in [1.29, 1.82) is 0 Å². The number of halogens is 1. The maximum Gasteiger partial charge on any atom is 0.283 e. The zero-order chi connectivity index (χ0) is 24.4. The SMILES string of the molecule is COc1cccc(N2C(=O)C(Cl)=C(N3CCN(C(c4ccccc4)c4ccccc4)CC3)C2=O)c1. The number of carbonyl (C=O) groups excluding carboxylic acids is 2. The first-order valence-electron chi connectivity index (χ1n) is 11.6. The van der Waals surface area contributed by atoms with Crippen molar-refractivity contribution in [2.45, 2.75) is 6.04 Å². The minimum atomic E-state index is -0.506. The highest BCUT2D eigenvalue weighted by molar-refractivity contribution is 6.52. The van der Waals surface area contributed by atoms with E-state index in [9.17, 15) is 9.59 Å². The molecule has 2 heterocycles. The largest absolute Gasteiger partial charge is 0.497 e. The summed E-state index contributed by atoms with van der Waals surface area (Å²) >= 11 is 6.45. The number of anilines is 1. The Morgan fingerprint density at radius 3 is 1.94 bits per heavy atom. The van der Waals surface area contributed by atoms with Gasteiger partial charge in [0.25, 0.3) is 11.8 Å². The van der Waals surface area contributed by atoms with Gasteiger partial charge >= 0.3 is 0 Å². The Morgan fingerprint density at radius 1 is 0.771 bits per heavy atom. The second-order valence-electron chi connectivity index (χ2n) is 8.56. The molecule has 3 aromatic rings. The number of amides is 2. The zero-order valence-electron chi connectivity index (χ0n) is 19.4. The molecule has 178 valence electrons. The predicted molar refractivity (Wildman–Crippen MR) is 136 cm³/mol. The van der Waals surface area contributed by atoms with Gasteiger partial charge in [-0.15, -0.1) is 0 Å². The topological polar surface area (TPSA) is 53.1 Å². The number of piperazine rings is 1. The Balaban J connectivity index is 1.36. The molecule has 5 rings (SSSR count). The summed E-state index contributed by atoms with van der Waals surface area (Å²) in [4.78, 5) is 31.8.